The number of nitrogens with zero attached hydrogens (tertiary/aromatic N) is 2. The number of rotatable bonds is 3. The predicted octanol–water partition coefficient (Wildman–Crippen LogP) is 1.90. The van der Waals surface area contributed by atoms with Crippen LogP contribution in [-0.4, -0.2) is 21.2 Å². The summed E-state index contributed by atoms with van der Waals surface area (Å²) in [5.41, 5.74) is 7.99. The summed E-state index contributed by atoms with van der Waals surface area (Å²) in [5, 5.41) is 7.40. The fourth-order valence-corrected chi connectivity index (χ4v) is 2.37. The van der Waals surface area contributed by atoms with Crippen LogP contribution in [0.4, 0.5) is 5.69 Å². The van der Waals surface area contributed by atoms with Gasteiger partial charge in [-0.1, -0.05) is 0 Å². The molecule has 1 heterocycles. The quantitative estimate of drug-likeness (QED) is 0.860. The first-order chi connectivity index (χ1) is 8.35. The van der Waals surface area contributed by atoms with Crippen molar-refractivity contribution in [1.29, 1.82) is 0 Å². The highest BCUT2D eigenvalue weighted by Gasteiger charge is 2.40. The van der Waals surface area contributed by atoms with Gasteiger partial charge in [0.15, 0.2) is 0 Å². The summed E-state index contributed by atoms with van der Waals surface area (Å²) in [5.74, 6) is -0.0803. The standard InChI is InChI=1S/C13H22N4O/c1-8(2)17-10(4)11(9(3)16-17)15-12(18)13(14)6-5-7-13/h8H,5-7,14H2,1-4H3,(H,15,18). The number of nitrogens with two attached hydrogens (primary N) is 1. The summed E-state index contributed by atoms with van der Waals surface area (Å²) >= 11 is 0. The van der Waals surface area contributed by atoms with E-state index in [-0.39, 0.29) is 11.9 Å². The van der Waals surface area contributed by atoms with Gasteiger partial charge in [-0.25, -0.2) is 0 Å². The first-order valence-electron chi connectivity index (χ1n) is 6.51. The van der Waals surface area contributed by atoms with Crippen molar-refractivity contribution in [2.75, 3.05) is 5.32 Å². The molecule has 0 radical (unpaired) electrons. The topological polar surface area (TPSA) is 72.9 Å². The van der Waals surface area contributed by atoms with Gasteiger partial charge in [0.05, 0.1) is 22.6 Å². The molecule has 5 heteroatoms. The van der Waals surface area contributed by atoms with E-state index in [9.17, 15) is 4.79 Å². The van der Waals surface area contributed by atoms with Crippen molar-refractivity contribution in [3.8, 4) is 0 Å². The van der Waals surface area contributed by atoms with Crippen LogP contribution in [0.3, 0.4) is 0 Å². The zero-order chi connectivity index (χ0) is 13.5. The second-order valence-corrected chi connectivity index (χ2v) is 5.55. The molecule has 1 fully saturated rings. The van der Waals surface area contributed by atoms with E-state index in [0.717, 1.165) is 36.3 Å². The molecule has 18 heavy (non-hydrogen) atoms. The second-order valence-electron chi connectivity index (χ2n) is 5.55. The molecule has 1 aliphatic rings. The number of aromatic nitrogens is 2. The Bertz CT molecular complexity index is 472. The number of aryl methyl sites for hydroxylation is 1. The average Bonchev–Trinajstić information content (AvgIpc) is 2.53. The normalized spacial score (nSPS) is 17.7. The molecule has 1 saturated carbocycles. The van der Waals surface area contributed by atoms with E-state index in [2.05, 4.69) is 24.3 Å². The van der Waals surface area contributed by atoms with Gasteiger partial charge in [-0.3, -0.25) is 9.48 Å². The van der Waals surface area contributed by atoms with Crippen molar-refractivity contribution in [2.24, 2.45) is 5.73 Å². The summed E-state index contributed by atoms with van der Waals surface area (Å²) in [6.45, 7) is 8.02. The highest BCUT2D eigenvalue weighted by molar-refractivity contribution is 5.99. The Labute approximate surface area is 108 Å². The van der Waals surface area contributed by atoms with Crippen molar-refractivity contribution in [3.05, 3.63) is 11.4 Å². The zero-order valence-corrected chi connectivity index (χ0v) is 11.6. The Morgan fingerprint density at radius 1 is 1.44 bits per heavy atom. The maximum Gasteiger partial charge on any atom is 0.244 e. The van der Waals surface area contributed by atoms with E-state index in [0.29, 0.717) is 0 Å². The Morgan fingerprint density at radius 2 is 2.06 bits per heavy atom. The lowest BCUT2D eigenvalue weighted by atomic mass is 9.77. The molecule has 100 valence electrons. The van der Waals surface area contributed by atoms with E-state index in [1.54, 1.807) is 0 Å². The molecule has 0 atom stereocenters. The summed E-state index contributed by atoms with van der Waals surface area (Å²) in [4.78, 5) is 12.1. The third-order valence-electron chi connectivity index (χ3n) is 3.75. The Balaban J connectivity index is 2.21. The highest BCUT2D eigenvalue weighted by atomic mass is 16.2. The van der Waals surface area contributed by atoms with Crippen molar-refractivity contribution in [3.63, 3.8) is 0 Å². The number of nitrogens with one attached hydrogen (secondary N) is 1. The lowest BCUT2D eigenvalue weighted by molar-refractivity contribution is -0.123. The summed E-state index contributed by atoms with van der Waals surface area (Å²) in [6.07, 6.45) is 2.58. The Kier molecular flexibility index (Phi) is 3.19. The maximum atomic E-state index is 12.1. The first kappa shape index (κ1) is 13.1. The Hall–Kier alpha value is -1.36. The van der Waals surface area contributed by atoms with Gasteiger partial charge in [-0.05, 0) is 47.0 Å². The first-order valence-corrected chi connectivity index (χ1v) is 6.51. The van der Waals surface area contributed by atoms with E-state index >= 15 is 0 Å². The van der Waals surface area contributed by atoms with Crippen LogP contribution in [0.2, 0.25) is 0 Å². The minimum Gasteiger partial charge on any atom is -0.321 e. The van der Waals surface area contributed by atoms with Crippen molar-refractivity contribution in [2.45, 2.75) is 58.5 Å². The molecule has 0 spiro atoms. The third-order valence-corrected chi connectivity index (χ3v) is 3.75. The molecule has 0 aromatic carbocycles. The average molecular weight is 250 g/mol. The summed E-state index contributed by atoms with van der Waals surface area (Å²) < 4.78 is 1.93. The van der Waals surface area contributed by atoms with Crippen LogP contribution in [0, 0.1) is 13.8 Å². The number of carbonyl (C=O) groups is 1. The monoisotopic (exact) mass is 250 g/mol. The molecule has 0 bridgehead atoms. The third kappa shape index (κ3) is 2.03. The van der Waals surface area contributed by atoms with Crippen LogP contribution in [0.1, 0.15) is 50.5 Å². The number of hydrogen-bond acceptors (Lipinski definition) is 3. The molecule has 2 rings (SSSR count). The lowest BCUT2D eigenvalue weighted by Gasteiger charge is -2.36. The molecule has 0 unspecified atom stereocenters. The highest BCUT2D eigenvalue weighted by Crippen LogP contribution is 2.31. The van der Waals surface area contributed by atoms with Gasteiger partial charge in [0, 0.05) is 6.04 Å². The molecule has 1 amide bonds. The molecule has 3 N–H and O–H groups in total. The number of anilines is 1. The molecule has 1 aliphatic carbocycles. The molecular weight excluding hydrogens is 228 g/mol. The molecule has 5 nitrogen and oxygen atoms in total. The van der Waals surface area contributed by atoms with Crippen LogP contribution in [0.5, 0.6) is 0 Å². The molecular formula is C13H22N4O. The van der Waals surface area contributed by atoms with Gasteiger partial charge >= 0.3 is 0 Å². The van der Waals surface area contributed by atoms with Crippen LogP contribution < -0.4 is 11.1 Å². The fraction of sp³-hybridized carbons (Fsp3) is 0.692. The van der Waals surface area contributed by atoms with Crippen LogP contribution >= 0.6 is 0 Å². The summed E-state index contributed by atoms with van der Waals surface area (Å²) in [6, 6.07) is 0.282. The summed E-state index contributed by atoms with van der Waals surface area (Å²) in [7, 11) is 0. The van der Waals surface area contributed by atoms with Crippen molar-refractivity contribution < 1.29 is 4.79 Å². The minimum absolute atomic E-state index is 0.0803. The fourth-order valence-electron chi connectivity index (χ4n) is 2.37. The van der Waals surface area contributed by atoms with Crippen LogP contribution in [-0.2, 0) is 4.79 Å². The van der Waals surface area contributed by atoms with E-state index in [1.807, 2.05) is 18.5 Å². The zero-order valence-electron chi connectivity index (χ0n) is 11.6. The number of amides is 1. The van der Waals surface area contributed by atoms with E-state index < -0.39 is 5.54 Å². The molecule has 1 aromatic rings. The van der Waals surface area contributed by atoms with Gasteiger partial charge < -0.3 is 11.1 Å². The van der Waals surface area contributed by atoms with Crippen LogP contribution in [0.25, 0.3) is 0 Å². The maximum absolute atomic E-state index is 12.1. The largest absolute Gasteiger partial charge is 0.321 e. The number of hydrogen-bond donors (Lipinski definition) is 2. The second kappa shape index (κ2) is 4.39. The van der Waals surface area contributed by atoms with Gasteiger partial charge in [-0.2, -0.15) is 5.10 Å². The van der Waals surface area contributed by atoms with Crippen molar-refractivity contribution in [1.82, 2.24) is 9.78 Å². The molecule has 1 aromatic heterocycles. The molecule has 0 aliphatic heterocycles. The van der Waals surface area contributed by atoms with E-state index in [4.69, 9.17) is 5.73 Å². The van der Waals surface area contributed by atoms with Gasteiger partial charge in [0.2, 0.25) is 5.91 Å². The van der Waals surface area contributed by atoms with Gasteiger partial charge in [0.25, 0.3) is 0 Å². The Morgan fingerprint density at radius 3 is 2.44 bits per heavy atom. The SMILES string of the molecule is Cc1nn(C(C)C)c(C)c1NC(=O)C1(N)CCC1. The molecule has 0 saturated heterocycles. The lowest BCUT2D eigenvalue weighted by Crippen LogP contribution is -2.56. The minimum atomic E-state index is -0.668. The van der Waals surface area contributed by atoms with Gasteiger partial charge in [0.1, 0.15) is 0 Å². The smallest absolute Gasteiger partial charge is 0.244 e. The predicted molar refractivity (Wildman–Crippen MR) is 71.5 cm³/mol. The van der Waals surface area contributed by atoms with Gasteiger partial charge in [-0.15, -0.1) is 0 Å². The van der Waals surface area contributed by atoms with E-state index in [1.165, 1.54) is 0 Å². The number of carbonyl (C=O) groups excluding carboxylic acids is 1. The van der Waals surface area contributed by atoms with Crippen LogP contribution in [0.15, 0.2) is 0 Å². The van der Waals surface area contributed by atoms with Crippen molar-refractivity contribution >= 4 is 11.6 Å².